The number of hydrogen-bond donors (Lipinski definition) is 2. The van der Waals surface area contributed by atoms with Crippen molar-refractivity contribution < 1.29 is 4.79 Å². The van der Waals surface area contributed by atoms with Crippen LogP contribution < -0.4 is 10.6 Å². The molecule has 0 aliphatic carbocycles. The molecule has 126 valence electrons. The molecule has 0 saturated heterocycles. The number of carbonyl (C=O) groups excluding carboxylic acids is 1. The molecule has 2 N–H and O–H groups in total. The molecule has 5 heteroatoms. The van der Waals surface area contributed by atoms with E-state index in [2.05, 4.69) is 51.8 Å². The summed E-state index contributed by atoms with van der Waals surface area (Å²) in [4.78, 5) is 20.7. The van der Waals surface area contributed by atoms with Crippen molar-refractivity contribution in [3.8, 4) is 0 Å². The minimum absolute atomic E-state index is 0.218. The van der Waals surface area contributed by atoms with Crippen molar-refractivity contribution in [3.05, 3.63) is 89.2 Å². The van der Waals surface area contributed by atoms with Gasteiger partial charge in [0, 0.05) is 19.3 Å². The molecule has 1 heterocycles. The molecule has 0 unspecified atom stereocenters. The number of amides is 1. The zero-order chi connectivity index (χ0) is 17.5. The number of aryl methyl sites for hydroxylation is 1. The highest BCUT2D eigenvalue weighted by atomic mass is 16.1. The molecule has 3 rings (SSSR count). The van der Waals surface area contributed by atoms with Crippen molar-refractivity contribution in [2.75, 3.05) is 5.32 Å². The summed E-state index contributed by atoms with van der Waals surface area (Å²) in [6.07, 6.45) is 1.59. The van der Waals surface area contributed by atoms with E-state index in [0.29, 0.717) is 24.7 Å². The first-order chi connectivity index (χ1) is 12.2. The van der Waals surface area contributed by atoms with E-state index in [4.69, 9.17) is 0 Å². The van der Waals surface area contributed by atoms with Crippen molar-refractivity contribution in [1.29, 1.82) is 0 Å². The highest BCUT2D eigenvalue weighted by Gasteiger charge is 2.08. The van der Waals surface area contributed by atoms with Gasteiger partial charge in [0.2, 0.25) is 5.95 Å². The molecular formula is C20H20N4O. The summed E-state index contributed by atoms with van der Waals surface area (Å²) in [7, 11) is 0. The Kier molecular flexibility index (Phi) is 5.36. The fourth-order valence-corrected chi connectivity index (χ4v) is 2.33. The van der Waals surface area contributed by atoms with Gasteiger partial charge in [0.15, 0.2) is 0 Å². The number of hydrogen-bond acceptors (Lipinski definition) is 4. The van der Waals surface area contributed by atoms with E-state index in [0.717, 1.165) is 11.1 Å². The first-order valence-corrected chi connectivity index (χ1v) is 8.15. The van der Waals surface area contributed by atoms with Gasteiger partial charge < -0.3 is 10.6 Å². The molecule has 0 aliphatic heterocycles. The number of carbonyl (C=O) groups is 1. The summed E-state index contributed by atoms with van der Waals surface area (Å²) in [5.41, 5.74) is 3.74. The van der Waals surface area contributed by atoms with Crippen LogP contribution in [0.1, 0.15) is 27.2 Å². The van der Waals surface area contributed by atoms with Crippen LogP contribution in [0, 0.1) is 6.92 Å². The Morgan fingerprint density at radius 2 is 1.64 bits per heavy atom. The highest BCUT2D eigenvalue weighted by molar-refractivity contribution is 5.92. The van der Waals surface area contributed by atoms with E-state index in [-0.39, 0.29) is 5.91 Å². The molecule has 5 nitrogen and oxygen atoms in total. The predicted molar refractivity (Wildman–Crippen MR) is 98.1 cm³/mol. The van der Waals surface area contributed by atoms with E-state index in [1.54, 1.807) is 12.3 Å². The van der Waals surface area contributed by atoms with Crippen LogP contribution in [0.4, 0.5) is 5.95 Å². The van der Waals surface area contributed by atoms with Gasteiger partial charge in [0.25, 0.3) is 5.91 Å². The van der Waals surface area contributed by atoms with Gasteiger partial charge in [0.05, 0.1) is 0 Å². The van der Waals surface area contributed by atoms with Crippen molar-refractivity contribution in [2.45, 2.75) is 20.0 Å². The average molecular weight is 332 g/mol. The van der Waals surface area contributed by atoms with Gasteiger partial charge in [-0.1, -0.05) is 60.2 Å². The van der Waals surface area contributed by atoms with Crippen LogP contribution in [0.3, 0.4) is 0 Å². The third-order valence-electron chi connectivity index (χ3n) is 3.76. The third kappa shape index (κ3) is 4.88. The maximum atomic E-state index is 12.3. The van der Waals surface area contributed by atoms with Gasteiger partial charge in [-0.05, 0) is 24.1 Å². The topological polar surface area (TPSA) is 66.9 Å². The molecule has 2 aromatic carbocycles. The Morgan fingerprint density at radius 3 is 2.40 bits per heavy atom. The van der Waals surface area contributed by atoms with Crippen molar-refractivity contribution in [1.82, 2.24) is 15.3 Å². The second kappa shape index (κ2) is 8.06. The summed E-state index contributed by atoms with van der Waals surface area (Å²) < 4.78 is 0. The molecule has 25 heavy (non-hydrogen) atoms. The zero-order valence-corrected chi connectivity index (χ0v) is 14.1. The first kappa shape index (κ1) is 16.6. The quantitative estimate of drug-likeness (QED) is 0.726. The Hall–Kier alpha value is -3.21. The highest BCUT2D eigenvalue weighted by Crippen LogP contribution is 2.07. The van der Waals surface area contributed by atoms with Crippen molar-refractivity contribution >= 4 is 11.9 Å². The van der Waals surface area contributed by atoms with Crippen LogP contribution >= 0.6 is 0 Å². The van der Waals surface area contributed by atoms with Crippen LogP contribution in [0.15, 0.2) is 66.9 Å². The molecule has 3 aromatic rings. The predicted octanol–water partition coefficient (Wildman–Crippen LogP) is 3.33. The zero-order valence-electron chi connectivity index (χ0n) is 14.1. The molecule has 1 amide bonds. The lowest BCUT2D eigenvalue weighted by atomic mass is 10.1. The smallest absolute Gasteiger partial charge is 0.270 e. The number of nitrogens with zero attached hydrogens (tertiary/aromatic N) is 2. The first-order valence-electron chi connectivity index (χ1n) is 8.15. The van der Waals surface area contributed by atoms with Crippen molar-refractivity contribution in [3.63, 3.8) is 0 Å². The van der Waals surface area contributed by atoms with E-state index in [1.807, 2.05) is 30.3 Å². The monoisotopic (exact) mass is 332 g/mol. The van der Waals surface area contributed by atoms with E-state index in [1.165, 1.54) is 5.56 Å². The molecular weight excluding hydrogens is 312 g/mol. The minimum Gasteiger partial charge on any atom is -0.350 e. The summed E-state index contributed by atoms with van der Waals surface area (Å²) in [5.74, 6) is 0.220. The number of benzene rings is 2. The Labute approximate surface area is 147 Å². The average Bonchev–Trinajstić information content (AvgIpc) is 2.67. The fourth-order valence-electron chi connectivity index (χ4n) is 2.33. The summed E-state index contributed by atoms with van der Waals surface area (Å²) >= 11 is 0. The molecule has 0 bridgehead atoms. The summed E-state index contributed by atoms with van der Waals surface area (Å²) in [6.45, 7) is 3.13. The molecule has 0 saturated carbocycles. The minimum atomic E-state index is -0.218. The Morgan fingerprint density at radius 1 is 0.920 bits per heavy atom. The maximum Gasteiger partial charge on any atom is 0.270 e. The van der Waals surface area contributed by atoms with Gasteiger partial charge in [-0.2, -0.15) is 0 Å². The van der Waals surface area contributed by atoms with Crippen LogP contribution in [0.2, 0.25) is 0 Å². The second-order valence-electron chi connectivity index (χ2n) is 5.77. The fraction of sp³-hybridized carbons (Fsp3) is 0.150. The Balaban J connectivity index is 1.58. The van der Waals surface area contributed by atoms with Crippen LogP contribution in [-0.4, -0.2) is 15.9 Å². The van der Waals surface area contributed by atoms with Crippen molar-refractivity contribution in [2.24, 2.45) is 0 Å². The second-order valence-corrected chi connectivity index (χ2v) is 5.77. The van der Waals surface area contributed by atoms with E-state index < -0.39 is 0 Å². The van der Waals surface area contributed by atoms with Gasteiger partial charge in [-0.15, -0.1) is 0 Å². The summed E-state index contributed by atoms with van der Waals surface area (Å²) in [5, 5.41) is 6.01. The maximum absolute atomic E-state index is 12.3. The SMILES string of the molecule is Cc1ccc(CNc2nccc(C(=O)NCc3ccccc3)n2)cc1. The lowest BCUT2D eigenvalue weighted by Gasteiger charge is -2.08. The number of rotatable bonds is 6. The third-order valence-corrected chi connectivity index (χ3v) is 3.76. The van der Waals surface area contributed by atoms with Crippen LogP contribution in [0.5, 0.6) is 0 Å². The van der Waals surface area contributed by atoms with Crippen LogP contribution in [-0.2, 0) is 13.1 Å². The van der Waals surface area contributed by atoms with Gasteiger partial charge in [0.1, 0.15) is 5.69 Å². The summed E-state index contributed by atoms with van der Waals surface area (Å²) in [6, 6.07) is 19.6. The molecule has 0 radical (unpaired) electrons. The molecule has 0 fully saturated rings. The number of aromatic nitrogens is 2. The van der Waals surface area contributed by atoms with Gasteiger partial charge >= 0.3 is 0 Å². The Bertz CT molecular complexity index is 832. The molecule has 0 spiro atoms. The van der Waals surface area contributed by atoms with E-state index >= 15 is 0 Å². The molecule has 1 aromatic heterocycles. The lowest BCUT2D eigenvalue weighted by Crippen LogP contribution is -2.24. The number of anilines is 1. The largest absolute Gasteiger partial charge is 0.350 e. The normalized spacial score (nSPS) is 10.3. The lowest BCUT2D eigenvalue weighted by molar-refractivity contribution is 0.0946. The van der Waals surface area contributed by atoms with Gasteiger partial charge in [-0.25, -0.2) is 9.97 Å². The van der Waals surface area contributed by atoms with Crippen LogP contribution in [0.25, 0.3) is 0 Å². The standard InChI is InChI=1S/C20H20N4O/c1-15-7-9-17(10-8-15)14-23-20-21-12-11-18(24-20)19(25)22-13-16-5-3-2-4-6-16/h2-12H,13-14H2,1H3,(H,22,25)(H,21,23,24). The molecule has 0 aliphatic rings. The molecule has 0 atom stereocenters. The van der Waals surface area contributed by atoms with E-state index in [9.17, 15) is 4.79 Å². The number of nitrogens with one attached hydrogen (secondary N) is 2. The van der Waals surface area contributed by atoms with Gasteiger partial charge in [-0.3, -0.25) is 4.79 Å².